The summed E-state index contributed by atoms with van der Waals surface area (Å²) in [6, 6.07) is 9.67. The molecule has 2 aliphatic carbocycles. The highest BCUT2D eigenvalue weighted by atomic mass is 79.9. The van der Waals surface area contributed by atoms with Gasteiger partial charge in [0.1, 0.15) is 5.78 Å². The van der Waals surface area contributed by atoms with Crippen LogP contribution in [0.15, 0.2) is 47.0 Å². The third kappa shape index (κ3) is 4.16. The molecule has 1 amide bonds. The summed E-state index contributed by atoms with van der Waals surface area (Å²) in [4.78, 5) is 32.1. The molecule has 1 aromatic heterocycles. The molecule has 1 unspecified atom stereocenters. The number of Topliss-reactive ketones (excluding diaryl/α,β-unsaturated/α-hetero) is 1. The average Bonchev–Trinajstić information content (AvgIpc) is 3.51. The zero-order valence-electron chi connectivity index (χ0n) is 17.6. The van der Waals surface area contributed by atoms with E-state index in [2.05, 4.69) is 47.1 Å². The normalized spacial score (nSPS) is 19.9. The molecule has 0 saturated heterocycles. The molecule has 3 aliphatic rings. The molecule has 1 saturated carbocycles. The van der Waals surface area contributed by atoms with Crippen LogP contribution in [0.3, 0.4) is 0 Å². The van der Waals surface area contributed by atoms with Crippen LogP contribution >= 0.6 is 15.9 Å². The number of ketones is 1. The van der Waals surface area contributed by atoms with Gasteiger partial charge in [0, 0.05) is 53.1 Å². The number of carbonyl (C=O) groups excluding carboxylic acids is 2. The molecule has 0 radical (unpaired) electrons. The van der Waals surface area contributed by atoms with Gasteiger partial charge in [-0.3, -0.25) is 14.6 Å². The van der Waals surface area contributed by atoms with Crippen molar-refractivity contribution in [3.8, 4) is 0 Å². The first-order valence-corrected chi connectivity index (χ1v) is 11.8. The lowest BCUT2D eigenvalue weighted by molar-refractivity contribution is -0.119. The lowest BCUT2D eigenvalue weighted by Gasteiger charge is -2.32. The molecular weight excluding hydrogens is 452 g/mol. The monoisotopic (exact) mass is 476 g/mol. The number of nitrogens with zero attached hydrogens (tertiary/aromatic N) is 2. The van der Waals surface area contributed by atoms with Crippen LogP contribution in [0.4, 0.5) is 0 Å². The van der Waals surface area contributed by atoms with Gasteiger partial charge in [-0.15, -0.1) is 0 Å². The minimum atomic E-state index is 0.0547. The molecule has 31 heavy (non-hydrogen) atoms. The van der Waals surface area contributed by atoms with Crippen molar-refractivity contribution in [2.75, 3.05) is 13.1 Å². The van der Waals surface area contributed by atoms with Crippen LogP contribution < -0.4 is 0 Å². The number of benzene rings is 1. The van der Waals surface area contributed by atoms with Crippen molar-refractivity contribution >= 4 is 39.3 Å². The van der Waals surface area contributed by atoms with E-state index in [9.17, 15) is 9.59 Å². The molecule has 158 valence electrons. The molecule has 2 heterocycles. The Bertz CT molecular complexity index is 1130. The van der Waals surface area contributed by atoms with Gasteiger partial charge in [0.05, 0.1) is 5.69 Å². The summed E-state index contributed by atoms with van der Waals surface area (Å²) in [5.74, 6) is 0.833. The number of amides is 1. The van der Waals surface area contributed by atoms with Gasteiger partial charge in [-0.2, -0.15) is 0 Å². The zero-order chi connectivity index (χ0) is 21.5. The summed E-state index contributed by atoms with van der Waals surface area (Å²) in [5.41, 5.74) is 6.26. The van der Waals surface area contributed by atoms with Crippen molar-refractivity contribution in [2.24, 2.45) is 11.8 Å². The number of hydrogen-bond donors (Lipinski definition) is 0. The quantitative estimate of drug-likeness (QED) is 0.602. The van der Waals surface area contributed by atoms with Gasteiger partial charge in [-0.25, -0.2) is 0 Å². The molecule has 5 rings (SSSR count). The van der Waals surface area contributed by atoms with Crippen LogP contribution in [0, 0.1) is 11.8 Å². The Morgan fingerprint density at radius 1 is 1.23 bits per heavy atom. The van der Waals surface area contributed by atoms with Crippen LogP contribution in [0.2, 0.25) is 0 Å². The van der Waals surface area contributed by atoms with E-state index in [1.54, 1.807) is 0 Å². The maximum absolute atomic E-state index is 13.0. The predicted molar refractivity (Wildman–Crippen MR) is 126 cm³/mol. The van der Waals surface area contributed by atoms with E-state index >= 15 is 0 Å². The van der Waals surface area contributed by atoms with Gasteiger partial charge in [-0.05, 0) is 54.2 Å². The van der Waals surface area contributed by atoms with Crippen molar-refractivity contribution < 1.29 is 9.59 Å². The lowest BCUT2D eigenvalue weighted by Crippen LogP contribution is -2.38. The maximum atomic E-state index is 13.0. The highest BCUT2D eigenvalue weighted by molar-refractivity contribution is 9.10. The van der Waals surface area contributed by atoms with Gasteiger partial charge >= 0.3 is 0 Å². The fourth-order valence-electron chi connectivity index (χ4n) is 4.61. The number of hydrogen-bond acceptors (Lipinski definition) is 3. The zero-order valence-corrected chi connectivity index (χ0v) is 19.2. The van der Waals surface area contributed by atoms with E-state index < -0.39 is 0 Å². The Morgan fingerprint density at radius 3 is 2.81 bits per heavy atom. The first-order chi connectivity index (χ1) is 15.0. The fraction of sp³-hybridized carbons (Fsp3) is 0.346. The van der Waals surface area contributed by atoms with Crippen molar-refractivity contribution in [1.82, 2.24) is 9.88 Å². The smallest absolute Gasteiger partial charge is 0.254 e. The molecule has 1 fully saturated rings. The van der Waals surface area contributed by atoms with E-state index in [1.807, 2.05) is 29.2 Å². The second kappa shape index (κ2) is 8.19. The second-order valence-electron chi connectivity index (χ2n) is 8.83. The number of halogens is 1. The summed E-state index contributed by atoms with van der Waals surface area (Å²) in [6.07, 6.45) is 9.79. The Morgan fingerprint density at radius 2 is 2.06 bits per heavy atom. The SMILES string of the molecule is CC1CN(C(=O)c2cccc(Br)c2)CC=C1c1cc(CC(=O)C2CC2)nc2c1C=CC2. The van der Waals surface area contributed by atoms with Crippen molar-refractivity contribution in [3.05, 3.63) is 75.0 Å². The number of pyridine rings is 1. The lowest BCUT2D eigenvalue weighted by atomic mass is 9.87. The first-order valence-electron chi connectivity index (χ1n) is 11.0. The standard InChI is InChI=1S/C26H25BrN2O2/c1-16-15-29(26(31)18-4-2-5-19(27)12-18)11-10-21(16)23-13-20(14-25(30)17-8-9-17)28-24-7-3-6-22(23)24/h2-6,10,12-13,16-17H,7-9,11,14-15H2,1H3. The largest absolute Gasteiger partial charge is 0.334 e. The van der Waals surface area contributed by atoms with E-state index in [-0.39, 0.29) is 17.7 Å². The van der Waals surface area contributed by atoms with E-state index in [1.165, 1.54) is 16.7 Å². The molecule has 0 N–H and O–H groups in total. The molecular formula is C26H25BrN2O2. The van der Waals surface area contributed by atoms with Crippen molar-refractivity contribution in [1.29, 1.82) is 0 Å². The van der Waals surface area contributed by atoms with Crippen LogP contribution in [0.1, 0.15) is 52.6 Å². The topological polar surface area (TPSA) is 50.3 Å². The van der Waals surface area contributed by atoms with Gasteiger partial charge in [-0.1, -0.05) is 47.1 Å². The summed E-state index contributed by atoms with van der Waals surface area (Å²) in [6.45, 7) is 3.43. The molecule has 5 heteroatoms. The first kappa shape index (κ1) is 20.4. The predicted octanol–water partition coefficient (Wildman–Crippen LogP) is 5.11. The molecule has 1 aromatic carbocycles. The summed E-state index contributed by atoms with van der Waals surface area (Å²) < 4.78 is 0.909. The van der Waals surface area contributed by atoms with E-state index in [0.717, 1.165) is 35.1 Å². The van der Waals surface area contributed by atoms with Crippen LogP contribution in [-0.2, 0) is 17.6 Å². The maximum Gasteiger partial charge on any atom is 0.254 e. The fourth-order valence-corrected chi connectivity index (χ4v) is 5.01. The number of aromatic nitrogens is 1. The van der Waals surface area contributed by atoms with Crippen molar-refractivity contribution in [3.63, 3.8) is 0 Å². The summed E-state index contributed by atoms with van der Waals surface area (Å²) >= 11 is 3.45. The number of carbonyl (C=O) groups is 2. The number of fused-ring (bicyclic) bond motifs is 1. The Labute approximate surface area is 191 Å². The minimum Gasteiger partial charge on any atom is -0.334 e. The molecule has 1 atom stereocenters. The Balaban J connectivity index is 1.42. The Hall–Kier alpha value is -2.53. The van der Waals surface area contributed by atoms with Crippen LogP contribution in [0.5, 0.6) is 0 Å². The highest BCUT2D eigenvalue weighted by Crippen LogP contribution is 2.36. The third-order valence-corrected chi connectivity index (χ3v) is 6.89. The number of allylic oxidation sites excluding steroid dienone is 1. The number of rotatable bonds is 5. The van der Waals surface area contributed by atoms with Crippen LogP contribution in [0.25, 0.3) is 11.6 Å². The summed E-state index contributed by atoms with van der Waals surface area (Å²) in [5, 5.41) is 0. The second-order valence-corrected chi connectivity index (χ2v) is 9.74. The molecule has 1 aliphatic heterocycles. The molecule has 4 nitrogen and oxygen atoms in total. The van der Waals surface area contributed by atoms with E-state index in [4.69, 9.17) is 4.98 Å². The highest BCUT2D eigenvalue weighted by Gasteiger charge is 2.31. The summed E-state index contributed by atoms with van der Waals surface area (Å²) in [7, 11) is 0. The minimum absolute atomic E-state index is 0.0547. The van der Waals surface area contributed by atoms with Crippen molar-refractivity contribution in [2.45, 2.75) is 32.6 Å². The Kier molecular flexibility index (Phi) is 5.39. The van der Waals surface area contributed by atoms with Gasteiger partial charge in [0.15, 0.2) is 0 Å². The molecule has 0 bridgehead atoms. The average molecular weight is 477 g/mol. The molecule has 2 aromatic rings. The van der Waals surface area contributed by atoms with Gasteiger partial charge < -0.3 is 4.90 Å². The van der Waals surface area contributed by atoms with E-state index in [0.29, 0.717) is 30.9 Å². The van der Waals surface area contributed by atoms with Crippen LogP contribution in [-0.4, -0.2) is 34.7 Å². The van der Waals surface area contributed by atoms with Gasteiger partial charge in [0.2, 0.25) is 0 Å². The van der Waals surface area contributed by atoms with Gasteiger partial charge in [0.25, 0.3) is 5.91 Å². The third-order valence-electron chi connectivity index (χ3n) is 6.40. The molecule has 0 spiro atoms.